The van der Waals surface area contributed by atoms with Crippen LogP contribution in [0.5, 0.6) is 0 Å². The van der Waals surface area contributed by atoms with E-state index in [1.165, 1.54) is 25.0 Å². The van der Waals surface area contributed by atoms with Gasteiger partial charge < -0.3 is 9.73 Å². The highest BCUT2D eigenvalue weighted by Crippen LogP contribution is 2.43. The lowest BCUT2D eigenvalue weighted by Crippen LogP contribution is -2.31. The molecule has 0 spiro atoms. The maximum atomic E-state index is 13.1. The number of benzene rings is 1. The minimum absolute atomic E-state index is 0.203. The highest BCUT2D eigenvalue weighted by Gasteiger charge is 2.33. The Hall–Kier alpha value is -1.35. The van der Waals surface area contributed by atoms with Crippen LogP contribution in [-0.2, 0) is 0 Å². The second-order valence-electron chi connectivity index (χ2n) is 4.83. The quantitative estimate of drug-likeness (QED) is 0.880. The summed E-state index contributed by atoms with van der Waals surface area (Å²) in [6.45, 7) is 1.02. The first-order valence-electron chi connectivity index (χ1n) is 6.11. The lowest BCUT2D eigenvalue weighted by Gasteiger charge is -2.35. The van der Waals surface area contributed by atoms with Crippen LogP contribution in [0.25, 0.3) is 11.0 Å². The predicted molar refractivity (Wildman–Crippen MR) is 65.6 cm³/mol. The van der Waals surface area contributed by atoms with Crippen molar-refractivity contribution in [3.8, 4) is 0 Å². The summed E-state index contributed by atoms with van der Waals surface area (Å²) >= 11 is 0. The van der Waals surface area contributed by atoms with E-state index in [0.717, 1.165) is 23.3 Å². The highest BCUT2D eigenvalue weighted by molar-refractivity contribution is 5.78. The number of hydrogen-bond donors (Lipinski definition) is 1. The van der Waals surface area contributed by atoms with Crippen LogP contribution < -0.4 is 5.32 Å². The van der Waals surface area contributed by atoms with Crippen LogP contribution in [-0.4, -0.2) is 13.6 Å². The van der Waals surface area contributed by atoms with E-state index < -0.39 is 0 Å². The average Bonchev–Trinajstić information content (AvgIpc) is 2.66. The fourth-order valence-electron chi connectivity index (χ4n) is 2.67. The lowest BCUT2D eigenvalue weighted by atomic mass is 9.72. The van der Waals surface area contributed by atoms with Crippen molar-refractivity contribution in [3.63, 3.8) is 0 Å². The van der Waals surface area contributed by atoms with Crippen molar-refractivity contribution in [2.24, 2.45) is 5.92 Å². The molecule has 3 rings (SSSR count). The molecule has 90 valence electrons. The van der Waals surface area contributed by atoms with Crippen molar-refractivity contribution in [1.82, 2.24) is 5.32 Å². The molecule has 1 heterocycles. The van der Waals surface area contributed by atoms with Crippen molar-refractivity contribution in [3.05, 3.63) is 35.8 Å². The Labute approximate surface area is 99.8 Å². The predicted octanol–water partition coefficient (Wildman–Crippen LogP) is 3.28. The first-order chi connectivity index (χ1) is 8.28. The third-order valence-corrected chi connectivity index (χ3v) is 3.75. The number of rotatable bonds is 3. The SMILES string of the molecule is CNCC1CCC1c1cc2cc(F)ccc2o1. The second kappa shape index (κ2) is 4.15. The molecule has 2 atom stereocenters. The first kappa shape index (κ1) is 10.8. The molecule has 1 aromatic carbocycles. The van der Waals surface area contributed by atoms with Gasteiger partial charge in [-0.05, 0) is 56.6 Å². The summed E-state index contributed by atoms with van der Waals surface area (Å²) in [6, 6.07) is 6.68. The van der Waals surface area contributed by atoms with Crippen LogP contribution in [0.15, 0.2) is 28.7 Å². The molecule has 2 aromatic rings. The van der Waals surface area contributed by atoms with Gasteiger partial charge in [-0.15, -0.1) is 0 Å². The molecule has 2 nitrogen and oxygen atoms in total. The third-order valence-electron chi connectivity index (χ3n) is 3.75. The molecule has 17 heavy (non-hydrogen) atoms. The van der Waals surface area contributed by atoms with Gasteiger partial charge >= 0.3 is 0 Å². The van der Waals surface area contributed by atoms with Gasteiger partial charge in [0.15, 0.2) is 0 Å². The van der Waals surface area contributed by atoms with Gasteiger partial charge in [-0.2, -0.15) is 0 Å². The third kappa shape index (κ3) is 1.84. The van der Waals surface area contributed by atoms with Gasteiger partial charge in [0.25, 0.3) is 0 Å². The van der Waals surface area contributed by atoms with Crippen molar-refractivity contribution in [2.45, 2.75) is 18.8 Å². The molecular formula is C14H16FNO. The topological polar surface area (TPSA) is 25.2 Å². The molecule has 1 N–H and O–H groups in total. The zero-order valence-electron chi connectivity index (χ0n) is 9.87. The van der Waals surface area contributed by atoms with Gasteiger partial charge in [-0.1, -0.05) is 0 Å². The molecule has 1 aliphatic carbocycles. The zero-order chi connectivity index (χ0) is 11.8. The summed E-state index contributed by atoms with van der Waals surface area (Å²) in [6.07, 6.45) is 2.42. The molecular weight excluding hydrogens is 217 g/mol. The van der Waals surface area contributed by atoms with Crippen molar-refractivity contribution in [2.75, 3.05) is 13.6 Å². The number of furan rings is 1. The minimum atomic E-state index is -0.203. The molecule has 0 amide bonds. The Kier molecular flexibility index (Phi) is 2.63. The second-order valence-corrected chi connectivity index (χ2v) is 4.83. The van der Waals surface area contributed by atoms with E-state index in [4.69, 9.17) is 4.42 Å². The Balaban J connectivity index is 1.90. The summed E-state index contributed by atoms with van der Waals surface area (Å²) < 4.78 is 18.9. The molecule has 1 saturated carbocycles. The van der Waals surface area contributed by atoms with E-state index in [0.29, 0.717) is 11.8 Å². The fourth-order valence-corrected chi connectivity index (χ4v) is 2.67. The summed E-state index contributed by atoms with van der Waals surface area (Å²) in [7, 11) is 1.98. The van der Waals surface area contributed by atoms with Crippen LogP contribution in [0, 0.1) is 11.7 Å². The molecule has 1 aromatic heterocycles. The van der Waals surface area contributed by atoms with Gasteiger partial charge in [-0.25, -0.2) is 4.39 Å². The summed E-state index contributed by atoms with van der Waals surface area (Å²) in [4.78, 5) is 0. The highest BCUT2D eigenvalue weighted by atomic mass is 19.1. The van der Waals surface area contributed by atoms with Gasteiger partial charge in [0.1, 0.15) is 17.2 Å². The number of fused-ring (bicyclic) bond motifs is 1. The van der Waals surface area contributed by atoms with E-state index in [9.17, 15) is 4.39 Å². The molecule has 0 aliphatic heterocycles. The molecule has 0 radical (unpaired) electrons. The zero-order valence-corrected chi connectivity index (χ0v) is 9.87. The van der Waals surface area contributed by atoms with E-state index in [-0.39, 0.29) is 5.82 Å². The van der Waals surface area contributed by atoms with Crippen molar-refractivity contribution < 1.29 is 8.81 Å². The number of hydrogen-bond acceptors (Lipinski definition) is 2. The van der Waals surface area contributed by atoms with Crippen molar-refractivity contribution >= 4 is 11.0 Å². The Morgan fingerprint density at radius 1 is 1.35 bits per heavy atom. The lowest BCUT2D eigenvalue weighted by molar-refractivity contribution is 0.222. The van der Waals surface area contributed by atoms with Crippen LogP contribution in [0.4, 0.5) is 4.39 Å². The molecule has 0 bridgehead atoms. The van der Waals surface area contributed by atoms with Crippen LogP contribution in [0.2, 0.25) is 0 Å². The number of halogens is 1. The maximum Gasteiger partial charge on any atom is 0.134 e. The summed E-state index contributed by atoms with van der Waals surface area (Å²) in [5.41, 5.74) is 0.788. The number of nitrogens with one attached hydrogen (secondary N) is 1. The van der Waals surface area contributed by atoms with Gasteiger partial charge in [0.2, 0.25) is 0 Å². The van der Waals surface area contributed by atoms with Crippen molar-refractivity contribution in [1.29, 1.82) is 0 Å². The standard InChI is InChI=1S/C14H16FNO/c1-16-8-9-2-4-12(9)14-7-10-6-11(15)3-5-13(10)17-14/h3,5-7,9,12,16H,2,4,8H2,1H3. The van der Waals surface area contributed by atoms with Gasteiger partial charge in [-0.3, -0.25) is 0 Å². The molecule has 0 saturated heterocycles. The molecule has 2 unspecified atom stereocenters. The smallest absolute Gasteiger partial charge is 0.134 e. The Morgan fingerprint density at radius 3 is 2.94 bits per heavy atom. The normalized spacial score (nSPS) is 23.9. The van der Waals surface area contributed by atoms with Crippen LogP contribution >= 0.6 is 0 Å². The molecule has 1 fully saturated rings. The van der Waals surface area contributed by atoms with Crippen LogP contribution in [0.3, 0.4) is 0 Å². The van der Waals surface area contributed by atoms with Gasteiger partial charge in [0.05, 0.1) is 0 Å². The maximum absolute atomic E-state index is 13.1. The molecule has 3 heteroatoms. The average molecular weight is 233 g/mol. The van der Waals surface area contributed by atoms with E-state index in [2.05, 4.69) is 5.32 Å². The minimum Gasteiger partial charge on any atom is -0.461 e. The molecule has 1 aliphatic rings. The van der Waals surface area contributed by atoms with E-state index in [1.54, 1.807) is 6.07 Å². The van der Waals surface area contributed by atoms with E-state index >= 15 is 0 Å². The fraction of sp³-hybridized carbons (Fsp3) is 0.429. The summed E-state index contributed by atoms with van der Waals surface area (Å²) in [5.74, 6) is 1.96. The summed E-state index contributed by atoms with van der Waals surface area (Å²) in [5, 5.41) is 4.08. The first-order valence-corrected chi connectivity index (χ1v) is 6.11. The van der Waals surface area contributed by atoms with Gasteiger partial charge in [0, 0.05) is 11.3 Å². The largest absolute Gasteiger partial charge is 0.461 e. The monoisotopic (exact) mass is 233 g/mol. The Morgan fingerprint density at radius 2 is 2.24 bits per heavy atom. The van der Waals surface area contributed by atoms with Crippen LogP contribution in [0.1, 0.15) is 24.5 Å². The van der Waals surface area contributed by atoms with E-state index in [1.807, 2.05) is 13.1 Å². The Bertz CT molecular complexity index is 534.